The van der Waals surface area contributed by atoms with Gasteiger partial charge in [-0.15, -0.1) is 0 Å². The largest absolute Gasteiger partial charge is 0.355 e. The minimum absolute atomic E-state index is 0.602. The molecule has 102 valence electrons. The fourth-order valence-corrected chi connectivity index (χ4v) is 3.15. The fraction of sp³-hybridized carbons (Fsp3) is 0.769. The van der Waals surface area contributed by atoms with Crippen molar-refractivity contribution in [3.05, 3.63) is 11.9 Å². The third-order valence-corrected chi connectivity index (χ3v) is 4.81. The molecule has 2 rings (SSSR count). The Hall–Kier alpha value is -0.840. The summed E-state index contributed by atoms with van der Waals surface area (Å²) in [5.41, 5.74) is 1.06. The van der Waals surface area contributed by atoms with Crippen molar-refractivity contribution < 1.29 is 4.21 Å². The van der Waals surface area contributed by atoms with Crippen molar-refractivity contribution in [3.63, 3.8) is 0 Å². The van der Waals surface area contributed by atoms with Gasteiger partial charge in [0.25, 0.3) is 0 Å². The van der Waals surface area contributed by atoms with Crippen LogP contribution in [0.5, 0.6) is 0 Å². The average Bonchev–Trinajstić information content (AvgIpc) is 2.98. The van der Waals surface area contributed by atoms with Gasteiger partial charge in [-0.25, -0.2) is 4.98 Å². The Morgan fingerprint density at radius 2 is 2.22 bits per heavy atom. The van der Waals surface area contributed by atoms with Crippen LogP contribution < -0.4 is 5.32 Å². The van der Waals surface area contributed by atoms with Crippen LogP contribution in [0.1, 0.15) is 44.3 Å². The summed E-state index contributed by atoms with van der Waals surface area (Å²) < 4.78 is 13.7. The summed E-state index contributed by atoms with van der Waals surface area (Å²) in [6, 6.07) is 0.602. The van der Waals surface area contributed by atoms with Gasteiger partial charge in [0.05, 0.1) is 5.69 Å². The molecule has 18 heavy (non-hydrogen) atoms. The Bertz CT molecular complexity index is 410. The van der Waals surface area contributed by atoms with E-state index in [2.05, 4.69) is 21.1 Å². The number of hydrogen-bond donors (Lipinski definition) is 1. The highest BCUT2D eigenvalue weighted by molar-refractivity contribution is 7.84. The third-order valence-electron chi connectivity index (χ3n) is 3.51. The zero-order valence-corrected chi connectivity index (χ0v) is 12.1. The van der Waals surface area contributed by atoms with E-state index in [1.54, 1.807) is 0 Å². The monoisotopic (exact) mass is 269 g/mol. The van der Waals surface area contributed by atoms with Gasteiger partial charge in [-0.2, -0.15) is 0 Å². The number of imidazole rings is 1. The van der Waals surface area contributed by atoms with Gasteiger partial charge in [0.2, 0.25) is 5.95 Å². The minimum Gasteiger partial charge on any atom is -0.355 e. The topological polar surface area (TPSA) is 46.9 Å². The second-order valence-electron chi connectivity index (χ2n) is 4.91. The van der Waals surface area contributed by atoms with Crippen molar-refractivity contribution in [1.29, 1.82) is 0 Å². The molecule has 1 aromatic rings. The van der Waals surface area contributed by atoms with Gasteiger partial charge >= 0.3 is 0 Å². The molecule has 1 unspecified atom stereocenters. The molecular formula is C13H23N3OS. The molecule has 1 aliphatic carbocycles. The average molecular weight is 269 g/mol. The smallest absolute Gasteiger partial charge is 0.203 e. The van der Waals surface area contributed by atoms with Gasteiger partial charge in [-0.3, -0.25) is 4.21 Å². The van der Waals surface area contributed by atoms with Crippen LogP contribution in [0.15, 0.2) is 6.20 Å². The van der Waals surface area contributed by atoms with E-state index in [0.717, 1.165) is 23.9 Å². The van der Waals surface area contributed by atoms with Crippen molar-refractivity contribution in [3.8, 4) is 0 Å². The lowest BCUT2D eigenvalue weighted by Crippen LogP contribution is -2.16. The molecule has 1 fully saturated rings. The van der Waals surface area contributed by atoms with Crippen LogP contribution in [-0.2, 0) is 10.8 Å². The van der Waals surface area contributed by atoms with E-state index in [-0.39, 0.29) is 0 Å². The molecule has 0 aliphatic heterocycles. The molecule has 1 aromatic heterocycles. The normalized spacial score (nSPS) is 18.1. The summed E-state index contributed by atoms with van der Waals surface area (Å²) >= 11 is 0. The number of rotatable bonds is 6. The molecule has 4 nitrogen and oxygen atoms in total. The molecule has 0 amide bonds. The Kier molecular flexibility index (Phi) is 4.80. The van der Waals surface area contributed by atoms with E-state index in [9.17, 15) is 4.21 Å². The molecule has 1 heterocycles. The first-order valence-electron chi connectivity index (χ1n) is 6.85. The number of aromatic nitrogens is 2. The summed E-state index contributed by atoms with van der Waals surface area (Å²) in [5.74, 6) is 2.39. The summed E-state index contributed by atoms with van der Waals surface area (Å²) in [4.78, 5) is 4.53. The third kappa shape index (κ3) is 3.34. The molecular weight excluding hydrogens is 246 g/mol. The van der Waals surface area contributed by atoms with Crippen molar-refractivity contribution in [2.45, 2.75) is 45.6 Å². The predicted molar refractivity (Wildman–Crippen MR) is 76.5 cm³/mol. The van der Waals surface area contributed by atoms with Crippen LogP contribution in [0.25, 0.3) is 0 Å². The van der Waals surface area contributed by atoms with Crippen molar-refractivity contribution >= 4 is 16.7 Å². The molecule has 0 spiro atoms. The number of anilines is 1. The highest BCUT2D eigenvalue weighted by atomic mass is 32.2. The maximum Gasteiger partial charge on any atom is 0.203 e. The summed E-state index contributed by atoms with van der Waals surface area (Å²) in [5, 5.41) is 3.34. The van der Waals surface area contributed by atoms with Crippen molar-refractivity contribution in [1.82, 2.24) is 9.55 Å². The summed E-state index contributed by atoms with van der Waals surface area (Å²) in [6.45, 7) is 4.73. The quantitative estimate of drug-likeness (QED) is 0.863. The predicted octanol–water partition coefficient (Wildman–Crippen LogP) is 2.49. The molecule has 0 aromatic carbocycles. The first-order chi connectivity index (χ1) is 8.70. The van der Waals surface area contributed by atoms with Crippen LogP contribution in [0.4, 0.5) is 5.95 Å². The first-order valence-corrected chi connectivity index (χ1v) is 8.34. The van der Waals surface area contributed by atoms with E-state index >= 15 is 0 Å². The minimum atomic E-state index is -0.702. The maximum absolute atomic E-state index is 11.4. The Balaban J connectivity index is 1.96. The number of hydrogen-bond acceptors (Lipinski definition) is 3. The van der Waals surface area contributed by atoms with Crippen LogP contribution >= 0.6 is 0 Å². The van der Waals surface area contributed by atoms with Gasteiger partial charge < -0.3 is 9.88 Å². The molecule has 0 radical (unpaired) electrons. The Morgan fingerprint density at radius 3 is 2.89 bits per heavy atom. The molecule has 1 atom stereocenters. The number of aryl methyl sites for hydroxylation is 1. The first kappa shape index (κ1) is 13.6. The zero-order chi connectivity index (χ0) is 13.0. The van der Waals surface area contributed by atoms with Crippen LogP contribution in [0.2, 0.25) is 0 Å². The van der Waals surface area contributed by atoms with Crippen molar-refractivity contribution in [2.24, 2.45) is 0 Å². The van der Waals surface area contributed by atoms with E-state index < -0.39 is 10.8 Å². The fourth-order valence-electron chi connectivity index (χ4n) is 2.53. The second-order valence-corrected chi connectivity index (χ2v) is 6.78. The van der Waals surface area contributed by atoms with Gasteiger partial charge in [0, 0.05) is 41.1 Å². The standard InChI is InChI=1S/C13H23N3OS/c1-3-18(17)9-8-14-13-15-11(2)10-16(13)12-6-4-5-7-12/h10,12H,3-9H2,1-2H3,(H,14,15). The molecule has 0 bridgehead atoms. The van der Waals surface area contributed by atoms with Crippen LogP contribution in [0, 0.1) is 6.92 Å². The van der Waals surface area contributed by atoms with E-state index in [4.69, 9.17) is 0 Å². The SMILES string of the molecule is CCS(=O)CCNc1nc(C)cn1C1CCCC1. The Morgan fingerprint density at radius 1 is 1.50 bits per heavy atom. The highest BCUT2D eigenvalue weighted by Crippen LogP contribution is 2.31. The van der Waals surface area contributed by atoms with Gasteiger partial charge in [-0.1, -0.05) is 19.8 Å². The number of nitrogens with one attached hydrogen (secondary N) is 1. The van der Waals surface area contributed by atoms with Crippen LogP contribution in [-0.4, -0.2) is 31.8 Å². The lowest BCUT2D eigenvalue weighted by Gasteiger charge is -2.15. The van der Waals surface area contributed by atoms with E-state index in [1.807, 2.05) is 13.8 Å². The summed E-state index contributed by atoms with van der Waals surface area (Å²) in [6.07, 6.45) is 7.29. The molecule has 5 heteroatoms. The molecule has 1 saturated carbocycles. The van der Waals surface area contributed by atoms with Gasteiger partial charge in [0.15, 0.2) is 0 Å². The molecule has 0 saturated heterocycles. The number of nitrogens with zero attached hydrogens (tertiary/aromatic N) is 2. The van der Waals surface area contributed by atoms with Crippen LogP contribution in [0.3, 0.4) is 0 Å². The Labute approximate surface area is 112 Å². The lowest BCUT2D eigenvalue weighted by molar-refractivity contribution is 0.523. The van der Waals surface area contributed by atoms with E-state index in [0.29, 0.717) is 11.8 Å². The van der Waals surface area contributed by atoms with E-state index in [1.165, 1.54) is 25.7 Å². The van der Waals surface area contributed by atoms with Gasteiger partial charge in [-0.05, 0) is 19.8 Å². The molecule has 1 aliphatic rings. The second kappa shape index (κ2) is 6.36. The van der Waals surface area contributed by atoms with Gasteiger partial charge in [0.1, 0.15) is 0 Å². The summed E-state index contributed by atoms with van der Waals surface area (Å²) in [7, 11) is -0.702. The lowest BCUT2D eigenvalue weighted by atomic mass is 10.2. The molecule has 1 N–H and O–H groups in total. The maximum atomic E-state index is 11.4. The zero-order valence-electron chi connectivity index (χ0n) is 11.3. The van der Waals surface area contributed by atoms with Crippen molar-refractivity contribution in [2.75, 3.05) is 23.4 Å². The highest BCUT2D eigenvalue weighted by Gasteiger charge is 2.19.